The van der Waals surface area contributed by atoms with Crippen LogP contribution in [-0.2, 0) is 6.54 Å². The van der Waals surface area contributed by atoms with Crippen LogP contribution >= 0.6 is 0 Å². The van der Waals surface area contributed by atoms with Crippen LogP contribution in [0.1, 0.15) is 37.2 Å². The van der Waals surface area contributed by atoms with Crippen LogP contribution in [0.15, 0.2) is 37.1 Å². The number of nitrogens with zero attached hydrogens (tertiary/aromatic N) is 4. The zero-order chi connectivity index (χ0) is 14.5. The van der Waals surface area contributed by atoms with Crippen LogP contribution in [0.3, 0.4) is 0 Å². The highest BCUT2D eigenvalue weighted by molar-refractivity contribution is 5.12. The molecule has 2 aromatic rings. The van der Waals surface area contributed by atoms with Crippen molar-refractivity contribution in [2.24, 2.45) is 5.73 Å². The SMILES string of the molecule is CC(C)n1cncc1C(CN)N(C)Cc1ccncc1. The van der Waals surface area contributed by atoms with Crippen molar-refractivity contribution < 1.29 is 0 Å². The van der Waals surface area contributed by atoms with Gasteiger partial charge in [-0.25, -0.2) is 4.98 Å². The minimum absolute atomic E-state index is 0.160. The molecule has 0 amide bonds. The average Bonchev–Trinajstić information content (AvgIpc) is 2.90. The van der Waals surface area contributed by atoms with Crippen LogP contribution in [-0.4, -0.2) is 33.0 Å². The normalized spacial score (nSPS) is 13.1. The van der Waals surface area contributed by atoms with Crippen molar-refractivity contribution >= 4 is 0 Å². The second-order valence-electron chi connectivity index (χ2n) is 5.34. The Bertz CT molecular complexity index is 520. The van der Waals surface area contributed by atoms with E-state index in [0.29, 0.717) is 12.6 Å². The van der Waals surface area contributed by atoms with E-state index in [4.69, 9.17) is 5.73 Å². The average molecular weight is 273 g/mol. The van der Waals surface area contributed by atoms with E-state index >= 15 is 0 Å². The molecular formula is C15H23N5. The summed E-state index contributed by atoms with van der Waals surface area (Å²) in [5.74, 6) is 0. The first kappa shape index (κ1) is 14.7. The first-order chi connectivity index (χ1) is 9.63. The molecule has 2 aromatic heterocycles. The molecule has 1 atom stereocenters. The van der Waals surface area contributed by atoms with Crippen molar-refractivity contribution in [3.63, 3.8) is 0 Å². The number of likely N-dealkylation sites (N-methyl/N-ethyl adjacent to an activating group) is 1. The first-order valence-corrected chi connectivity index (χ1v) is 6.94. The predicted molar refractivity (Wildman–Crippen MR) is 80.1 cm³/mol. The maximum atomic E-state index is 5.99. The lowest BCUT2D eigenvalue weighted by molar-refractivity contribution is 0.230. The minimum Gasteiger partial charge on any atom is -0.331 e. The van der Waals surface area contributed by atoms with Crippen LogP contribution in [0.2, 0.25) is 0 Å². The topological polar surface area (TPSA) is 60.0 Å². The Hall–Kier alpha value is -1.72. The lowest BCUT2D eigenvalue weighted by atomic mass is 10.1. The molecule has 1 unspecified atom stereocenters. The van der Waals surface area contributed by atoms with E-state index in [2.05, 4.69) is 40.3 Å². The van der Waals surface area contributed by atoms with Gasteiger partial charge in [-0.05, 0) is 38.6 Å². The van der Waals surface area contributed by atoms with E-state index in [1.807, 2.05) is 37.1 Å². The molecule has 0 bridgehead atoms. The van der Waals surface area contributed by atoms with Crippen LogP contribution in [0, 0.1) is 0 Å². The lowest BCUT2D eigenvalue weighted by Gasteiger charge is -2.28. The Labute approximate surface area is 120 Å². The van der Waals surface area contributed by atoms with E-state index in [1.165, 1.54) is 11.3 Å². The number of pyridine rings is 1. The third-order valence-electron chi connectivity index (χ3n) is 3.53. The van der Waals surface area contributed by atoms with E-state index in [0.717, 1.165) is 6.54 Å². The van der Waals surface area contributed by atoms with Gasteiger partial charge in [0.15, 0.2) is 0 Å². The van der Waals surface area contributed by atoms with Gasteiger partial charge >= 0.3 is 0 Å². The monoisotopic (exact) mass is 273 g/mol. The quantitative estimate of drug-likeness (QED) is 0.874. The molecule has 108 valence electrons. The van der Waals surface area contributed by atoms with Crippen molar-refractivity contribution in [2.45, 2.75) is 32.5 Å². The lowest BCUT2D eigenvalue weighted by Crippen LogP contribution is -2.32. The highest BCUT2D eigenvalue weighted by Gasteiger charge is 2.20. The molecule has 0 spiro atoms. The van der Waals surface area contributed by atoms with Gasteiger partial charge in [-0.3, -0.25) is 9.88 Å². The van der Waals surface area contributed by atoms with Gasteiger partial charge in [-0.15, -0.1) is 0 Å². The second-order valence-corrected chi connectivity index (χ2v) is 5.34. The molecule has 20 heavy (non-hydrogen) atoms. The van der Waals surface area contributed by atoms with Crippen LogP contribution in [0.5, 0.6) is 0 Å². The summed E-state index contributed by atoms with van der Waals surface area (Å²) < 4.78 is 2.18. The third-order valence-corrected chi connectivity index (χ3v) is 3.53. The number of aromatic nitrogens is 3. The van der Waals surface area contributed by atoms with E-state index in [9.17, 15) is 0 Å². The van der Waals surface area contributed by atoms with Crippen molar-refractivity contribution in [1.29, 1.82) is 0 Å². The molecule has 0 radical (unpaired) electrons. The zero-order valence-electron chi connectivity index (χ0n) is 12.4. The molecule has 0 aliphatic heterocycles. The molecule has 0 fully saturated rings. The van der Waals surface area contributed by atoms with Gasteiger partial charge < -0.3 is 10.3 Å². The molecule has 2 N–H and O–H groups in total. The summed E-state index contributed by atoms with van der Waals surface area (Å²) in [4.78, 5) is 10.6. The van der Waals surface area contributed by atoms with E-state index in [-0.39, 0.29) is 6.04 Å². The van der Waals surface area contributed by atoms with Gasteiger partial charge in [-0.2, -0.15) is 0 Å². The van der Waals surface area contributed by atoms with Crippen molar-refractivity contribution in [3.05, 3.63) is 48.3 Å². The smallest absolute Gasteiger partial charge is 0.0951 e. The maximum Gasteiger partial charge on any atom is 0.0951 e. The molecule has 0 saturated heterocycles. The van der Waals surface area contributed by atoms with Crippen molar-refractivity contribution in [1.82, 2.24) is 19.4 Å². The molecule has 2 rings (SSSR count). The third kappa shape index (κ3) is 3.23. The summed E-state index contributed by atoms with van der Waals surface area (Å²) in [6.45, 7) is 5.72. The van der Waals surface area contributed by atoms with Crippen molar-refractivity contribution in [2.75, 3.05) is 13.6 Å². The second kappa shape index (κ2) is 6.63. The standard InChI is InChI=1S/C15H23N5/c1-12(2)20-11-18-9-15(20)14(8-16)19(3)10-13-4-6-17-7-5-13/h4-7,9,11-12,14H,8,10,16H2,1-3H3. The molecular weight excluding hydrogens is 250 g/mol. The van der Waals surface area contributed by atoms with Gasteiger partial charge in [0, 0.05) is 37.7 Å². The maximum absolute atomic E-state index is 5.99. The minimum atomic E-state index is 0.160. The largest absolute Gasteiger partial charge is 0.331 e. The Morgan fingerprint density at radius 3 is 2.55 bits per heavy atom. The van der Waals surface area contributed by atoms with Crippen LogP contribution < -0.4 is 5.73 Å². The molecule has 0 aliphatic rings. The number of nitrogens with two attached hydrogens (primary N) is 1. The highest BCUT2D eigenvalue weighted by Crippen LogP contribution is 2.22. The van der Waals surface area contributed by atoms with Crippen molar-refractivity contribution in [3.8, 4) is 0 Å². The van der Waals surface area contributed by atoms with Gasteiger partial charge in [0.05, 0.1) is 18.1 Å². The van der Waals surface area contributed by atoms with Gasteiger partial charge in [0.1, 0.15) is 0 Å². The van der Waals surface area contributed by atoms with Gasteiger partial charge in [0.2, 0.25) is 0 Å². The van der Waals surface area contributed by atoms with E-state index in [1.54, 1.807) is 0 Å². The summed E-state index contributed by atoms with van der Waals surface area (Å²) in [7, 11) is 2.09. The fourth-order valence-corrected chi connectivity index (χ4v) is 2.42. The summed E-state index contributed by atoms with van der Waals surface area (Å²) in [6, 6.07) is 4.61. The zero-order valence-corrected chi connectivity index (χ0v) is 12.4. The predicted octanol–water partition coefficient (Wildman–Crippen LogP) is 1.99. The Morgan fingerprint density at radius 1 is 1.25 bits per heavy atom. The summed E-state index contributed by atoms with van der Waals surface area (Å²) in [5.41, 5.74) is 8.39. The fraction of sp³-hybridized carbons (Fsp3) is 0.467. The molecule has 0 aliphatic carbocycles. The Balaban J connectivity index is 2.17. The van der Waals surface area contributed by atoms with Gasteiger partial charge in [-0.1, -0.05) is 0 Å². The number of imidazole rings is 1. The molecule has 0 aromatic carbocycles. The first-order valence-electron chi connectivity index (χ1n) is 6.94. The Kier molecular flexibility index (Phi) is 4.87. The Morgan fingerprint density at radius 2 is 1.95 bits per heavy atom. The molecule has 5 nitrogen and oxygen atoms in total. The molecule has 5 heteroatoms. The number of rotatable bonds is 6. The fourth-order valence-electron chi connectivity index (χ4n) is 2.42. The number of hydrogen-bond acceptors (Lipinski definition) is 4. The van der Waals surface area contributed by atoms with Gasteiger partial charge in [0.25, 0.3) is 0 Å². The summed E-state index contributed by atoms with van der Waals surface area (Å²) in [5, 5.41) is 0. The highest BCUT2D eigenvalue weighted by atomic mass is 15.2. The number of hydrogen-bond donors (Lipinski definition) is 1. The molecule has 2 heterocycles. The summed E-state index contributed by atoms with van der Waals surface area (Å²) in [6.07, 6.45) is 7.43. The van der Waals surface area contributed by atoms with Crippen LogP contribution in [0.25, 0.3) is 0 Å². The molecule has 0 saturated carbocycles. The summed E-state index contributed by atoms with van der Waals surface area (Å²) >= 11 is 0. The van der Waals surface area contributed by atoms with Crippen LogP contribution in [0.4, 0.5) is 0 Å². The van der Waals surface area contributed by atoms with E-state index < -0.39 is 0 Å².